The van der Waals surface area contributed by atoms with Gasteiger partial charge < -0.3 is 10.6 Å². The van der Waals surface area contributed by atoms with E-state index in [1.807, 2.05) is 19.1 Å². The van der Waals surface area contributed by atoms with Crippen LogP contribution >= 0.6 is 0 Å². The van der Waals surface area contributed by atoms with Crippen LogP contribution in [-0.4, -0.2) is 11.8 Å². The molecule has 0 atom stereocenters. The average molecular weight is 362 g/mol. The van der Waals surface area contributed by atoms with Gasteiger partial charge in [0.2, 0.25) is 11.8 Å². The Balaban J connectivity index is 1.72. The monoisotopic (exact) mass is 362 g/mol. The van der Waals surface area contributed by atoms with E-state index in [1.54, 1.807) is 12.1 Å². The zero-order valence-corrected chi connectivity index (χ0v) is 14.0. The Labute approximate surface area is 148 Å². The normalized spacial score (nSPS) is 14.6. The fourth-order valence-electron chi connectivity index (χ4n) is 2.62. The molecule has 0 aliphatic heterocycles. The van der Waals surface area contributed by atoms with Gasteiger partial charge in [-0.25, -0.2) is 13.2 Å². The summed E-state index contributed by atoms with van der Waals surface area (Å²) in [6.07, 6.45) is 1.45. The van der Waals surface area contributed by atoms with Crippen LogP contribution in [0.3, 0.4) is 0 Å². The molecule has 0 radical (unpaired) electrons. The van der Waals surface area contributed by atoms with Gasteiger partial charge in [-0.3, -0.25) is 9.59 Å². The maximum absolute atomic E-state index is 13.7. The maximum Gasteiger partial charge on any atom is 0.240 e. The highest BCUT2D eigenvalue weighted by molar-refractivity contribution is 6.16. The van der Waals surface area contributed by atoms with Gasteiger partial charge in [0.05, 0.1) is 5.69 Å². The highest BCUT2D eigenvalue weighted by Gasteiger charge is 2.56. The van der Waals surface area contributed by atoms with Crippen molar-refractivity contribution in [3.63, 3.8) is 0 Å². The summed E-state index contributed by atoms with van der Waals surface area (Å²) in [6.45, 7) is 2.01. The van der Waals surface area contributed by atoms with E-state index in [2.05, 4.69) is 10.6 Å². The Hall–Kier alpha value is -2.83. The van der Waals surface area contributed by atoms with E-state index < -0.39 is 40.4 Å². The first-order valence-electron chi connectivity index (χ1n) is 8.23. The minimum Gasteiger partial charge on any atom is -0.325 e. The number of amides is 2. The molecule has 0 aromatic heterocycles. The number of rotatable bonds is 5. The molecule has 0 saturated heterocycles. The van der Waals surface area contributed by atoms with Gasteiger partial charge in [0.15, 0.2) is 17.5 Å². The molecule has 26 heavy (non-hydrogen) atoms. The van der Waals surface area contributed by atoms with Crippen LogP contribution in [0.1, 0.15) is 25.3 Å². The number of carbonyl (C=O) groups excluding carboxylic acids is 2. The number of hydrogen-bond donors (Lipinski definition) is 2. The second-order valence-corrected chi connectivity index (χ2v) is 6.26. The molecule has 2 amide bonds. The Morgan fingerprint density at radius 2 is 1.54 bits per heavy atom. The Bertz CT molecular complexity index is 862. The first kappa shape index (κ1) is 18.0. The van der Waals surface area contributed by atoms with Crippen molar-refractivity contribution in [1.29, 1.82) is 0 Å². The van der Waals surface area contributed by atoms with Crippen molar-refractivity contribution < 1.29 is 22.8 Å². The summed E-state index contributed by atoms with van der Waals surface area (Å²) >= 11 is 0. The molecule has 2 aromatic carbocycles. The van der Waals surface area contributed by atoms with Crippen molar-refractivity contribution in [2.75, 3.05) is 10.6 Å². The second kappa shape index (κ2) is 6.82. The van der Waals surface area contributed by atoms with Crippen LogP contribution in [0.15, 0.2) is 36.4 Å². The van der Waals surface area contributed by atoms with Crippen LogP contribution < -0.4 is 10.6 Å². The predicted octanol–water partition coefficient (Wildman–Crippen LogP) is 4.02. The van der Waals surface area contributed by atoms with Gasteiger partial charge in [0.25, 0.3) is 0 Å². The minimum atomic E-state index is -1.67. The van der Waals surface area contributed by atoms with E-state index in [1.165, 1.54) is 0 Å². The van der Waals surface area contributed by atoms with Crippen LogP contribution in [0.25, 0.3) is 0 Å². The molecule has 2 N–H and O–H groups in total. The molecule has 4 nitrogen and oxygen atoms in total. The van der Waals surface area contributed by atoms with Gasteiger partial charge in [0, 0.05) is 5.69 Å². The molecule has 0 unspecified atom stereocenters. The quantitative estimate of drug-likeness (QED) is 0.623. The van der Waals surface area contributed by atoms with E-state index >= 15 is 0 Å². The third-order valence-electron chi connectivity index (χ3n) is 4.52. The fourth-order valence-corrected chi connectivity index (χ4v) is 2.62. The molecule has 1 fully saturated rings. The maximum atomic E-state index is 13.7. The molecule has 0 heterocycles. The van der Waals surface area contributed by atoms with E-state index in [4.69, 9.17) is 0 Å². The standard InChI is InChI=1S/C19H17F3N2O2/c1-2-11-3-5-12(6-4-11)23-17(25)19(9-10-19)18(26)24-14-8-7-13(20)15(21)16(14)22/h3-8H,2,9-10H2,1H3,(H,23,25)(H,24,26). The molecule has 1 aliphatic rings. The summed E-state index contributed by atoms with van der Waals surface area (Å²) in [4.78, 5) is 24.9. The lowest BCUT2D eigenvalue weighted by atomic mass is 10.0. The molecule has 0 spiro atoms. The van der Waals surface area contributed by atoms with Gasteiger partial charge in [-0.2, -0.15) is 0 Å². The molecular weight excluding hydrogens is 345 g/mol. The van der Waals surface area contributed by atoms with Crippen LogP contribution in [0.4, 0.5) is 24.5 Å². The molecule has 136 valence electrons. The van der Waals surface area contributed by atoms with E-state index in [0.29, 0.717) is 24.6 Å². The second-order valence-electron chi connectivity index (χ2n) is 6.26. The molecule has 7 heteroatoms. The Kier molecular flexibility index (Phi) is 4.71. The number of benzene rings is 2. The van der Waals surface area contributed by atoms with E-state index in [-0.39, 0.29) is 0 Å². The first-order valence-corrected chi connectivity index (χ1v) is 8.23. The van der Waals surface area contributed by atoms with Crippen molar-refractivity contribution in [3.05, 3.63) is 59.4 Å². The topological polar surface area (TPSA) is 58.2 Å². The van der Waals surface area contributed by atoms with Crippen molar-refractivity contribution in [3.8, 4) is 0 Å². The number of aryl methyl sites for hydroxylation is 1. The van der Waals surface area contributed by atoms with Crippen LogP contribution in [-0.2, 0) is 16.0 Å². The molecule has 2 aromatic rings. The zero-order valence-electron chi connectivity index (χ0n) is 14.0. The lowest BCUT2D eigenvalue weighted by molar-refractivity contribution is -0.131. The van der Waals surface area contributed by atoms with Gasteiger partial charge in [-0.05, 0) is 49.1 Å². The van der Waals surface area contributed by atoms with Crippen LogP contribution in [0, 0.1) is 22.9 Å². The van der Waals surface area contributed by atoms with Crippen molar-refractivity contribution >= 4 is 23.2 Å². The predicted molar refractivity (Wildman–Crippen MR) is 91.1 cm³/mol. The number of carbonyl (C=O) groups is 2. The van der Waals surface area contributed by atoms with Gasteiger partial charge in [-0.1, -0.05) is 19.1 Å². The fraction of sp³-hybridized carbons (Fsp3) is 0.263. The number of halogens is 3. The summed E-state index contributed by atoms with van der Waals surface area (Å²) in [5.41, 5.74) is -0.179. The molecule has 1 saturated carbocycles. The summed E-state index contributed by atoms with van der Waals surface area (Å²) in [5.74, 6) is -5.78. The third-order valence-corrected chi connectivity index (χ3v) is 4.52. The molecule has 1 aliphatic carbocycles. The third kappa shape index (κ3) is 3.29. The average Bonchev–Trinajstić information content (AvgIpc) is 3.45. The highest BCUT2D eigenvalue weighted by atomic mass is 19.2. The van der Waals surface area contributed by atoms with E-state index in [9.17, 15) is 22.8 Å². The van der Waals surface area contributed by atoms with E-state index in [0.717, 1.165) is 18.1 Å². The Morgan fingerprint density at radius 3 is 2.12 bits per heavy atom. The highest BCUT2D eigenvalue weighted by Crippen LogP contribution is 2.47. The first-order chi connectivity index (χ1) is 12.4. The largest absolute Gasteiger partial charge is 0.325 e. The van der Waals surface area contributed by atoms with Crippen LogP contribution in [0.5, 0.6) is 0 Å². The Morgan fingerprint density at radius 1 is 0.923 bits per heavy atom. The van der Waals surface area contributed by atoms with Gasteiger partial charge in [-0.15, -0.1) is 0 Å². The summed E-state index contributed by atoms with van der Waals surface area (Å²) < 4.78 is 40.0. The lowest BCUT2D eigenvalue weighted by Gasteiger charge is -2.16. The summed E-state index contributed by atoms with van der Waals surface area (Å²) in [6, 6.07) is 8.84. The molecular formula is C19H17F3N2O2. The zero-order chi connectivity index (χ0) is 18.9. The summed E-state index contributed by atoms with van der Waals surface area (Å²) in [5, 5.41) is 4.85. The van der Waals surface area contributed by atoms with Crippen molar-refractivity contribution in [2.24, 2.45) is 5.41 Å². The minimum absolute atomic E-state index is 0.295. The summed E-state index contributed by atoms with van der Waals surface area (Å²) in [7, 11) is 0. The van der Waals surface area contributed by atoms with Crippen molar-refractivity contribution in [1.82, 2.24) is 0 Å². The van der Waals surface area contributed by atoms with Gasteiger partial charge >= 0.3 is 0 Å². The smallest absolute Gasteiger partial charge is 0.240 e. The number of nitrogens with one attached hydrogen (secondary N) is 2. The van der Waals surface area contributed by atoms with Crippen molar-refractivity contribution in [2.45, 2.75) is 26.2 Å². The number of hydrogen-bond acceptors (Lipinski definition) is 2. The van der Waals surface area contributed by atoms with Crippen LogP contribution in [0.2, 0.25) is 0 Å². The number of anilines is 2. The molecule has 3 rings (SSSR count). The molecule has 0 bridgehead atoms. The lowest BCUT2D eigenvalue weighted by Crippen LogP contribution is -2.36. The SMILES string of the molecule is CCc1ccc(NC(=O)C2(C(=O)Nc3ccc(F)c(F)c3F)CC2)cc1. The van der Waals surface area contributed by atoms with Gasteiger partial charge in [0.1, 0.15) is 5.41 Å².